The van der Waals surface area contributed by atoms with Gasteiger partial charge in [-0.2, -0.15) is 26.3 Å². The maximum Gasteiger partial charge on any atom is 0.416 e. The molecule has 0 heterocycles. The average Bonchev–Trinajstić information content (AvgIpc) is 2.77. The number of hydrogen-bond acceptors (Lipinski definition) is 3. The van der Waals surface area contributed by atoms with Gasteiger partial charge in [0.2, 0.25) is 0 Å². The fourth-order valence-corrected chi connectivity index (χ4v) is 3.01. The first-order valence-electron chi connectivity index (χ1n) is 10.7. The third-order valence-electron chi connectivity index (χ3n) is 5.23. The molecule has 186 valence electrons. The molecule has 0 amide bonds. The van der Waals surface area contributed by atoms with Gasteiger partial charge in [0.1, 0.15) is 0 Å². The summed E-state index contributed by atoms with van der Waals surface area (Å²) in [6.07, 6.45) is -6.83. The molecule has 2 N–H and O–H groups in total. The molecule has 2 atom stereocenters. The first kappa shape index (κ1) is 28.9. The first-order valence-corrected chi connectivity index (χ1v) is 10.7. The Kier molecular flexibility index (Phi) is 11.4. The van der Waals surface area contributed by atoms with Crippen LogP contribution in [0.4, 0.5) is 26.3 Å². The zero-order valence-electron chi connectivity index (χ0n) is 19.3. The summed E-state index contributed by atoms with van der Waals surface area (Å²) >= 11 is 0. The van der Waals surface area contributed by atoms with Crippen LogP contribution in [0, 0.1) is 0 Å². The van der Waals surface area contributed by atoms with Crippen molar-refractivity contribution in [2.24, 2.45) is 5.84 Å². The third-order valence-corrected chi connectivity index (χ3v) is 5.23. The number of hydrogen-bond donors (Lipinski definition) is 1. The number of methoxy groups -OCH3 is 1. The smallest absolute Gasteiger partial charge is 0.377 e. The summed E-state index contributed by atoms with van der Waals surface area (Å²) in [5.74, 6) is 6.02. The molecule has 2 unspecified atom stereocenters. The van der Waals surface area contributed by atoms with Gasteiger partial charge in [-0.3, -0.25) is 5.84 Å². The van der Waals surface area contributed by atoms with Crippen LogP contribution in [0.3, 0.4) is 0 Å². The Morgan fingerprint density at radius 1 is 0.848 bits per heavy atom. The summed E-state index contributed by atoms with van der Waals surface area (Å²) in [4.78, 5) is 0. The number of rotatable bonds is 8. The van der Waals surface area contributed by atoms with Crippen LogP contribution >= 0.6 is 0 Å². The van der Waals surface area contributed by atoms with Crippen LogP contribution in [-0.2, 0) is 17.1 Å². The standard InChI is InChI=1S/C13H22N2.C11H10F6O/c1-3-4-8-11-15(14)12(2)13-9-6-5-7-10-13;1-6(18-2)7-3-8(10(12,13)14)5-9(4-7)11(15,16)17/h5-7,9-10,12H,3-4,8,11,14H2,1-2H3;3-6H,1-2H3. The molecule has 0 spiro atoms. The van der Waals surface area contributed by atoms with E-state index in [1.54, 1.807) is 0 Å². The van der Waals surface area contributed by atoms with Crippen LogP contribution in [0.2, 0.25) is 0 Å². The highest BCUT2D eigenvalue weighted by Gasteiger charge is 2.37. The number of hydrazine groups is 1. The summed E-state index contributed by atoms with van der Waals surface area (Å²) in [6.45, 7) is 6.71. The largest absolute Gasteiger partial charge is 0.416 e. The van der Waals surface area contributed by atoms with Crippen molar-refractivity contribution >= 4 is 0 Å². The maximum absolute atomic E-state index is 12.5. The molecule has 2 aromatic carbocycles. The predicted molar refractivity (Wildman–Crippen MR) is 117 cm³/mol. The second kappa shape index (κ2) is 13.0. The highest BCUT2D eigenvalue weighted by atomic mass is 19.4. The van der Waals surface area contributed by atoms with Gasteiger partial charge in [0.15, 0.2) is 0 Å². The molecule has 0 aliphatic rings. The first-order chi connectivity index (χ1) is 15.3. The molecular formula is C24H32F6N2O. The van der Waals surface area contributed by atoms with Gasteiger partial charge in [-0.15, -0.1) is 0 Å². The van der Waals surface area contributed by atoms with E-state index in [9.17, 15) is 26.3 Å². The van der Waals surface area contributed by atoms with Crippen LogP contribution in [0.5, 0.6) is 0 Å². The van der Waals surface area contributed by atoms with Gasteiger partial charge in [-0.05, 0) is 49.6 Å². The molecule has 0 aliphatic carbocycles. The van der Waals surface area contributed by atoms with Crippen molar-refractivity contribution in [1.82, 2.24) is 5.01 Å². The quantitative estimate of drug-likeness (QED) is 0.184. The monoisotopic (exact) mass is 478 g/mol. The number of nitrogens with zero attached hydrogens (tertiary/aromatic N) is 1. The van der Waals surface area contributed by atoms with E-state index in [2.05, 4.69) is 38.1 Å². The van der Waals surface area contributed by atoms with E-state index >= 15 is 0 Å². The third kappa shape index (κ3) is 9.73. The minimum Gasteiger partial charge on any atom is -0.377 e. The topological polar surface area (TPSA) is 38.5 Å². The molecule has 33 heavy (non-hydrogen) atoms. The molecule has 0 saturated carbocycles. The average molecular weight is 479 g/mol. The zero-order chi connectivity index (χ0) is 25.2. The predicted octanol–water partition coefficient (Wildman–Crippen LogP) is 7.55. The Morgan fingerprint density at radius 3 is 1.79 bits per heavy atom. The van der Waals surface area contributed by atoms with Gasteiger partial charge in [0.05, 0.1) is 17.2 Å². The van der Waals surface area contributed by atoms with Crippen LogP contribution in [0.15, 0.2) is 48.5 Å². The summed E-state index contributed by atoms with van der Waals surface area (Å²) in [5.41, 5.74) is -1.55. The zero-order valence-corrected chi connectivity index (χ0v) is 19.3. The lowest BCUT2D eigenvalue weighted by molar-refractivity contribution is -0.143. The fourth-order valence-electron chi connectivity index (χ4n) is 3.01. The molecule has 0 saturated heterocycles. The summed E-state index contributed by atoms with van der Waals surface area (Å²) in [6, 6.07) is 12.1. The highest BCUT2D eigenvalue weighted by molar-refractivity contribution is 5.34. The lowest BCUT2D eigenvalue weighted by atomic mass is 10.0. The van der Waals surface area contributed by atoms with Crippen molar-refractivity contribution in [3.8, 4) is 0 Å². The van der Waals surface area contributed by atoms with Gasteiger partial charge in [-0.1, -0.05) is 50.1 Å². The molecular weight excluding hydrogens is 446 g/mol. The van der Waals surface area contributed by atoms with E-state index in [1.165, 1.54) is 38.9 Å². The van der Waals surface area contributed by atoms with Crippen molar-refractivity contribution in [2.45, 2.75) is 64.5 Å². The van der Waals surface area contributed by atoms with E-state index in [0.717, 1.165) is 6.54 Å². The molecule has 0 aliphatic heterocycles. The SMILES string of the molecule is CCCCCN(N)C(C)c1ccccc1.COC(C)c1cc(C(F)(F)F)cc(C(F)(F)F)c1. The lowest BCUT2D eigenvalue weighted by Gasteiger charge is -2.24. The Balaban J connectivity index is 0.000000335. The minimum absolute atomic E-state index is 0.0892. The lowest BCUT2D eigenvalue weighted by Crippen LogP contribution is -2.34. The van der Waals surface area contributed by atoms with Gasteiger partial charge in [0, 0.05) is 19.7 Å². The summed E-state index contributed by atoms with van der Waals surface area (Å²) < 4.78 is 79.7. The molecule has 0 aromatic heterocycles. The van der Waals surface area contributed by atoms with Gasteiger partial charge >= 0.3 is 12.4 Å². The van der Waals surface area contributed by atoms with Gasteiger partial charge in [0.25, 0.3) is 0 Å². The Labute approximate surface area is 191 Å². The molecule has 2 aromatic rings. The fraction of sp³-hybridized carbons (Fsp3) is 0.500. The van der Waals surface area contributed by atoms with Crippen LogP contribution in [0.25, 0.3) is 0 Å². The second-order valence-electron chi connectivity index (χ2n) is 7.75. The van der Waals surface area contributed by atoms with E-state index in [1.807, 2.05) is 11.1 Å². The van der Waals surface area contributed by atoms with E-state index in [0.29, 0.717) is 18.2 Å². The molecule has 3 nitrogen and oxygen atoms in total. The number of ether oxygens (including phenoxy) is 1. The van der Waals surface area contributed by atoms with Crippen molar-refractivity contribution < 1.29 is 31.1 Å². The second-order valence-corrected chi connectivity index (χ2v) is 7.75. The summed E-state index contributed by atoms with van der Waals surface area (Å²) in [5, 5.41) is 1.94. The van der Waals surface area contributed by atoms with Crippen molar-refractivity contribution in [2.75, 3.05) is 13.7 Å². The Hall–Kier alpha value is -2.10. The molecule has 2 rings (SSSR count). The molecule has 0 bridgehead atoms. The Morgan fingerprint density at radius 2 is 1.36 bits per heavy atom. The van der Waals surface area contributed by atoms with Crippen LogP contribution < -0.4 is 5.84 Å². The Bertz CT molecular complexity index is 792. The molecule has 0 radical (unpaired) electrons. The van der Waals surface area contributed by atoms with E-state index in [-0.39, 0.29) is 11.6 Å². The summed E-state index contributed by atoms with van der Waals surface area (Å²) in [7, 11) is 1.21. The number of halogens is 6. The van der Waals surface area contributed by atoms with Crippen LogP contribution in [0.1, 0.15) is 74.4 Å². The normalized spacial score (nSPS) is 13.9. The van der Waals surface area contributed by atoms with Crippen molar-refractivity contribution in [3.63, 3.8) is 0 Å². The molecule has 0 fully saturated rings. The number of benzene rings is 2. The number of unbranched alkanes of at least 4 members (excludes halogenated alkanes) is 2. The number of nitrogens with two attached hydrogens (primary N) is 1. The minimum atomic E-state index is -4.83. The highest BCUT2D eigenvalue weighted by Crippen LogP contribution is 2.37. The van der Waals surface area contributed by atoms with E-state index in [4.69, 9.17) is 10.6 Å². The van der Waals surface area contributed by atoms with Crippen molar-refractivity contribution in [1.29, 1.82) is 0 Å². The number of alkyl halides is 6. The van der Waals surface area contributed by atoms with E-state index < -0.39 is 29.6 Å². The maximum atomic E-state index is 12.5. The van der Waals surface area contributed by atoms with Gasteiger partial charge in [-0.25, -0.2) is 5.01 Å². The van der Waals surface area contributed by atoms with Crippen LogP contribution in [-0.4, -0.2) is 18.7 Å². The molecule has 9 heteroatoms. The van der Waals surface area contributed by atoms with Gasteiger partial charge < -0.3 is 4.74 Å². The van der Waals surface area contributed by atoms with Crippen molar-refractivity contribution in [3.05, 3.63) is 70.8 Å².